The van der Waals surface area contributed by atoms with Crippen LogP contribution in [0.2, 0.25) is 0 Å². The smallest absolute Gasteiger partial charge is 0.210 e. The fraction of sp³-hybridized carbons (Fsp3) is 0.625. The molecule has 0 aromatic carbocycles. The number of carbonyl (C=O) groups excluding carboxylic acids is 1. The molecule has 2 aliphatic rings. The Bertz CT molecular complexity index is 244. The number of hydrogen-bond donors (Lipinski definition) is 0. The maximum atomic E-state index is 10.9. The maximum Gasteiger partial charge on any atom is 0.210 e. The molecule has 2 aliphatic heterocycles. The average molecular weight is 181 g/mol. The van der Waals surface area contributed by atoms with Crippen LogP contribution in [0.5, 0.6) is 0 Å². The molecule has 13 heavy (non-hydrogen) atoms. The average Bonchev–Trinajstić information content (AvgIpc) is 2.69. The summed E-state index contributed by atoms with van der Waals surface area (Å²) in [7, 11) is 0. The minimum Gasteiger partial charge on any atom is -0.379 e. The van der Waals surface area contributed by atoms with Gasteiger partial charge in [0.05, 0.1) is 13.2 Å². The van der Waals surface area contributed by atoms with Crippen molar-refractivity contribution in [2.75, 3.05) is 26.3 Å². The second kappa shape index (κ2) is 3.35. The Morgan fingerprint density at radius 2 is 2.23 bits per heavy atom. The number of rotatable bonds is 2. The highest BCUT2D eigenvalue weighted by molar-refractivity contribution is 5.68. The van der Waals surface area contributed by atoms with Crippen LogP contribution in [0, 0.1) is 0 Å². The molecule has 1 unspecified atom stereocenters. The van der Waals surface area contributed by atoms with Crippen LogP contribution in [0.4, 0.5) is 0 Å². The van der Waals surface area contributed by atoms with Crippen LogP contribution in [0.3, 0.4) is 0 Å². The van der Waals surface area contributed by atoms with E-state index in [-0.39, 0.29) is 0 Å². The van der Waals surface area contributed by atoms with Crippen molar-refractivity contribution in [1.29, 1.82) is 0 Å². The highest BCUT2D eigenvalue weighted by atomic mass is 16.5. The molecule has 0 bridgehead atoms. The summed E-state index contributed by atoms with van der Waals surface area (Å²) >= 11 is 0. The van der Waals surface area contributed by atoms with Gasteiger partial charge in [0.15, 0.2) is 6.29 Å². The Labute approximate surface area is 76.1 Å². The molecule has 0 aromatic rings. The molecule has 5 heteroatoms. The van der Waals surface area contributed by atoms with Crippen molar-refractivity contribution in [3.05, 3.63) is 12.3 Å². The number of azo groups is 1. The Hall–Kier alpha value is -1.07. The molecule has 0 aliphatic carbocycles. The van der Waals surface area contributed by atoms with Gasteiger partial charge < -0.3 is 4.74 Å². The van der Waals surface area contributed by atoms with Gasteiger partial charge in [-0.3, -0.25) is 9.69 Å². The van der Waals surface area contributed by atoms with Crippen LogP contribution in [0.25, 0.3) is 0 Å². The molecule has 2 rings (SSSR count). The van der Waals surface area contributed by atoms with Gasteiger partial charge in [0, 0.05) is 19.3 Å². The van der Waals surface area contributed by atoms with E-state index >= 15 is 0 Å². The molecular formula is C8H11N3O2. The van der Waals surface area contributed by atoms with E-state index in [1.807, 2.05) is 4.90 Å². The van der Waals surface area contributed by atoms with Gasteiger partial charge in [-0.05, 0) is 6.08 Å². The molecule has 70 valence electrons. The molecule has 0 saturated carbocycles. The predicted octanol–water partition coefficient (Wildman–Crippen LogP) is 0.193. The van der Waals surface area contributed by atoms with Crippen molar-refractivity contribution in [1.82, 2.24) is 4.90 Å². The maximum absolute atomic E-state index is 10.9. The minimum absolute atomic E-state index is 0.652. The lowest BCUT2D eigenvalue weighted by Gasteiger charge is -2.34. The van der Waals surface area contributed by atoms with Gasteiger partial charge in [-0.15, -0.1) is 0 Å². The third kappa shape index (κ3) is 1.40. The summed E-state index contributed by atoms with van der Waals surface area (Å²) < 4.78 is 5.19. The Balaban J connectivity index is 2.15. The van der Waals surface area contributed by atoms with E-state index in [4.69, 9.17) is 4.74 Å². The van der Waals surface area contributed by atoms with Crippen molar-refractivity contribution < 1.29 is 9.53 Å². The topological polar surface area (TPSA) is 54.3 Å². The summed E-state index contributed by atoms with van der Waals surface area (Å²) in [6.45, 7) is 2.75. The van der Waals surface area contributed by atoms with E-state index < -0.39 is 5.66 Å². The van der Waals surface area contributed by atoms with Crippen LogP contribution >= 0.6 is 0 Å². The molecule has 2 heterocycles. The van der Waals surface area contributed by atoms with Crippen molar-refractivity contribution in [2.45, 2.75) is 5.66 Å². The lowest BCUT2D eigenvalue weighted by atomic mass is 10.1. The lowest BCUT2D eigenvalue weighted by molar-refractivity contribution is -0.118. The molecular weight excluding hydrogens is 170 g/mol. The Kier molecular flexibility index (Phi) is 2.20. The summed E-state index contributed by atoms with van der Waals surface area (Å²) in [6, 6.07) is 0. The quantitative estimate of drug-likeness (QED) is 0.571. The van der Waals surface area contributed by atoms with E-state index in [0.29, 0.717) is 13.2 Å². The van der Waals surface area contributed by atoms with Gasteiger partial charge in [-0.2, -0.15) is 10.2 Å². The van der Waals surface area contributed by atoms with Crippen molar-refractivity contribution >= 4 is 6.29 Å². The third-order valence-electron chi connectivity index (χ3n) is 2.30. The standard InChI is InChI=1S/C8H11N3O2/c12-7-8(1-2-9-10-8)11-3-5-13-6-4-11/h1-2,7H,3-6H2. The van der Waals surface area contributed by atoms with E-state index in [1.165, 1.54) is 0 Å². The van der Waals surface area contributed by atoms with Crippen molar-refractivity contribution in [3.8, 4) is 0 Å². The first kappa shape index (κ1) is 8.52. The van der Waals surface area contributed by atoms with Crippen molar-refractivity contribution in [2.24, 2.45) is 10.2 Å². The molecule has 0 amide bonds. The first-order valence-electron chi connectivity index (χ1n) is 4.26. The molecule has 0 radical (unpaired) electrons. The number of hydrogen-bond acceptors (Lipinski definition) is 5. The number of carbonyl (C=O) groups is 1. The Morgan fingerprint density at radius 1 is 1.46 bits per heavy atom. The lowest BCUT2D eigenvalue weighted by Crippen LogP contribution is -2.51. The van der Waals surface area contributed by atoms with Crippen LogP contribution in [0.15, 0.2) is 22.5 Å². The molecule has 0 spiro atoms. The summed E-state index contributed by atoms with van der Waals surface area (Å²) in [5, 5.41) is 7.64. The van der Waals surface area contributed by atoms with Crippen molar-refractivity contribution in [3.63, 3.8) is 0 Å². The number of morpholine rings is 1. The zero-order valence-corrected chi connectivity index (χ0v) is 7.22. The minimum atomic E-state index is -0.843. The normalized spacial score (nSPS) is 33.8. The molecule has 0 aromatic heterocycles. The van der Waals surface area contributed by atoms with E-state index in [9.17, 15) is 4.79 Å². The van der Waals surface area contributed by atoms with Gasteiger partial charge in [0.25, 0.3) is 0 Å². The number of ether oxygens (including phenoxy) is 1. The molecule has 1 atom stereocenters. The SMILES string of the molecule is O=CC1(N2CCOCC2)C=CN=N1. The fourth-order valence-corrected chi connectivity index (χ4v) is 1.53. The monoisotopic (exact) mass is 181 g/mol. The first-order valence-corrected chi connectivity index (χ1v) is 4.26. The van der Waals surface area contributed by atoms with Gasteiger partial charge >= 0.3 is 0 Å². The summed E-state index contributed by atoms with van der Waals surface area (Å²) in [6.07, 6.45) is 4.10. The second-order valence-electron chi connectivity index (χ2n) is 3.03. The molecule has 0 N–H and O–H groups in total. The highest BCUT2D eigenvalue weighted by Gasteiger charge is 2.37. The fourth-order valence-electron chi connectivity index (χ4n) is 1.53. The van der Waals surface area contributed by atoms with Gasteiger partial charge in [0.1, 0.15) is 0 Å². The largest absolute Gasteiger partial charge is 0.379 e. The number of nitrogens with zero attached hydrogens (tertiary/aromatic N) is 3. The summed E-state index contributed by atoms with van der Waals surface area (Å²) in [5.74, 6) is 0. The number of aldehydes is 1. The summed E-state index contributed by atoms with van der Waals surface area (Å²) in [4.78, 5) is 12.9. The second-order valence-corrected chi connectivity index (χ2v) is 3.03. The Morgan fingerprint density at radius 3 is 2.77 bits per heavy atom. The van der Waals surface area contributed by atoms with Gasteiger partial charge in [-0.25, -0.2) is 0 Å². The molecule has 5 nitrogen and oxygen atoms in total. The summed E-state index contributed by atoms with van der Waals surface area (Å²) in [5.41, 5.74) is -0.843. The van der Waals surface area contributed by atoms with Gasteiger partial charge in [-0.1, -0.05) is 0 Å². The molecule has 1 fully saturated rings. The first-order chi connectivity index (χ1) is 6.37. The highest BCUT2D eigenvalue weighted by Crippen LogP contribution is 2.22. The molecule has 1 saturated heterocycles. The van der Waals surface area contributed by atoms with E-state index in [0.717, 1.165) is 19.4 Å². The zero-order valence-electron chi connectivity index (χ0n) is 7.22. The van der Waals surface area contributed by atoms with E-state index in [2.05, 4.69) is 10.2 Å². The zero-order chi connectivity index (χ0) is 9.15. The van der Waals surface area contributed by atoms with Gasteiger partial charge in [0.2, 0.25) is 5.66 Å². The van der Waals surface area contributed by atoms with Crippen LogP contribution in [0.1, 0.15) is 0 Å². The predicted molar refractivity (Wildman–Crippen MR) is 45.2 cm³/mol. The van der Waals surface area contributed by atoms with E-state index in [1.54, 1.807) is 12.3 Å². The van der Waals surface area contributed by atoms with Crippen LogP contribution in [-0.2, 0) is 9.53 Å². The van der Waals surface area contributed by atoms with Crippen LogP contribution < -0.4 is 0 Å². The van der Waals surface area contributed by atoms with Crippen LogP contribution in [-0.4, -0.2) is 43.2 Å². The third-order valence-corrected chi connectivity index (χ3v) is 2.30.